The fraction of sp³-hybridized carbons (Fsp3) is 0.286. The average molecular weight is 381 g/mol. The lowest BCUT2D eigenvalue weighted by Crippen LogP contribution is -2.31. The van der Waals surface area contributed by atoms with Gasteiger partial charge in [0.05, 0.1) is 13.3 Å². The van der Waals surface area contributed by atoms with E-state index in [0.29, 0.717) is 36.1 Å². The van der Waals surface area contributed by atoms with Crippen molar-refractivity contribution in [2.45, 2.75) is 25.3 Å². The van der Waals surface area contributed by atoms with E-state index in [4.69, 9.17) is 9.15 Å². The highest BCUT2D eigenvalue weighted by molar-refractivity contribution is 5.96. The number of pyridine rings is 1. The first-order chi connectivity index (χ1) is 13.7. The van der Waals surface area contributed by atoms with Crippen LogP contribution in [0.2, 0.25) is 0 Å². The van der Waals surface area contributed by atoms with E-state index in [1.165, 1.54) is 19.2 Å². The second-order valence-electron chi connectivity index (χ2n) is 6.68. The molecule has 1 saturated heterocycles. The topological polar surface area (TPSA) is 68.5 Å². The molecule has 4 rings (SSSR count). The number of benzene rings is 1. The molecule has 1 aliphatic heterocycles. The Morgan fingerprint density at radius 3 is 2.89 bits per heavy atom. The lowest BCUT2D eigenvalue weighted by atomic mass is 10.1. The first-order valence-electron chi connectivity index (χ1n) is 9.14. The van der Waals surface area contributed by atoms with Gasteiger partial charge in [0, 0.05) is 19.2 Å². The predicted octanol–water partition coefficient (Wildman–Crippen LogP) is 3.79. The summed E-state index contributed by atoms with van der Waals surface area (Å²) < 4.78 is 24.2. The Kier molecular flexibility index (Phi) is 5.06. The van der Waals surface area contributed by atoms with Gasteiger partial charge < -0.3 is 14.1 Å². The molecular formula is C21H20FN3O3. The summed E-state index contributed by atoms with van der Waals surface area (Å²) in [6.07, 6.45) is 5.43. The van der Waals surface area contributed by atoms with Gasteiger partial charge in [-0.1, -0.05) is 12.1 Å². The Morgan fingerprint density at radius 2 is 2.11 bits per heavy atom. The van der Waals surface area contributed by atoms with Gasteiger partial charge in [0.1, 0.15) is 23.2 Å². The van der Waals surface area contributed by atoms with Crippen molar-refractivity contribution in [1.82, 2.24) is 14.9 Å². The monoisotopic (exact) mass is 381 g/mol. The standard InChI is InChI=1S/C21H20FN3O3/c1-27-19-17(4-2-10-23-19)21(26)25-11-3-5-18(25)20-24-13-16(28-20)12-14-6-8-15(22)9-7-14/h2,4,6-10,13,18H,3,5,11-12H2,1H3/t18-/m1/s1. The van der Waals surface area contributed by atoms with Crippen LogP contribution in [0.4, 0.5) is 4.39 Å². The molecule has 0 unspecified atom stereocenters. The lowest BCUT2D eigenvalue weighted by Gasteiger charge is -2.22. The molecule has 1 fully saturated rings. The van der Waals surface area contributed by atoms with Gasteiger partial charge in [-0.15, -0.1) is 0 Å². The molecule has 1 atom stereocenters. The van der Waals surface area contributed by atoms with Gasteiger partial charge in [0.15, 0.2) is 0 Å². The van der Waals surface area contributed by atoms with E-state index in [1.54, 1.807) is 41.6 Å². The van der Waals surface area contributed by atoms with Crippen LogP contribution in [0, 0.1) is 5.82 Å². The summed E-state index contributed by atoms with van der Waals surface area (Å²) in [6.45, 7) is 0.622. The van der Waals surface area contributed by atoms with Crippen LogP contribution >= 0.6 is 0 Å². The molecule has 3 aromatic rings. The van der Waals surface area contributed by atoms with Crippen LogP contribution < -0.4 is 4.74 Å². The van der Waals surface area contributed by atoms with Crippen molar-refractivity contribution in [1.29, 1.82) is 0 Å². The molecular weight excluding hydrogens is 361 g/mol. The Labute approximate surface area is 162 Å². The fourth-order valence-electron chi connectivity index (χ4n) is 3.50. The van der Waals surface area contributed by atoms with E-state index >= 15 is 0 Å². The number of oxazole rings is 1. The molecule has 0 bridgehead atoms. The van der Waals surface area contributed by atoms with Crippen LogP contribution in [0.3, 0.4) is 0 Å². The van der Waals surface area contributed by atoms with Crippen molar-refractivity contribution in [2.75, 3.05) is 13.7 Å². The number of aromatic nitrogens is 2. The maximum absolute atomic E-state index is 13.1. The molecule has 1 amide bonds. The Balaban J connectivity index is 1.53. The van der Waals surface area contributed by atoms with Crippen LogP contribution in [-0.2, 0) is 6.42 Å². The molecule has 0 radical (unpaired) electrons. The molecule has 1 aliphatic rings. The van der Waals surface area contributed by atoms with Crippen LogP contribution in [-0.4, -0.2) is 34.4 Å². The van der Waals surface area contributed by atoms with Crippen molar-refractivity contribution in [3.05, 3.63) is 77.4 Å². The number of nitrogens with zero attached hydrogens (tertiary/aromatic N) is 3. The Bertz CT molecular complexity index is 971. The fourth-order valence-corrected chi connectivity index (χ4v) is 3.50. The molecule has 0 saturated carbocycles. The minimum absolute atomic E-state index is 0.147. The molecule has 2 aromatic heterocycles. The van der Waals surface area contributed by atoms with Crippen molar-refractivity contribution in [3.63, 3.8) is 0 Å². The average Bonchev–Trinajstić information content (AvgIpc) is 3.38. The first kappa shape index (κ1) is 18.2. The number of carbonyl (C=O) groups excluding carboxylic acids is 1. The second kappa shape index (κ2) is 7.80. The Morgan fingerprint density at radius 1 is 1.29 bits per heavy atom. The van der Waals surface area contributed by atoms with Crippen LogP contribution in [0.1, 0.15) is 46.5 Å². The van der Waals surface area contributed by atoms with Crippen LogP contribution in [0.5, 0.6) is 5.88 Å². The first-order valence-corrected chi connectivity index (χ1v) is 9.14. The summed E-state index contributed by atoms with van der Waals surface area (Å²) in [5.74, 6) is 1.09. The maximum Gasteiger partial charge on any atom is 0.260 e. The van der Waals surface area contributed by atoms with Gasteiger partial charge in [-0.2, -0.15) is 0 Å². The summed E-state index contributed by atoms with van der Waals surface area (Å²) in [6, 6.07) is 9.48. The predicted molar refractivity (Wildman–Crippen MR) is 99.5 cm³/mol. The summed E-state index contributed by atoms with van der Waals surface area (Å²) in [7, 11) is 1.50. The third-order valence-corrected chi connectivity index (χ3v) is 4.86. The van der Waals surface area contributed by atoms with Crippen LogP contribution in [0.15, 0.2) is 53.2 Å². The van der Waals surface area contributed by atoms with E-state index in [-0.39, 0.29) is 17.8 Å². The molecule has 3 heterocycles. The largest absolute Gasteiger partial charge is 0.480 e. The zero-order valence-electron chi connectivity index (χ0n) is 15.5. The quantitative estimate of drug-likeness (QED) is 0.673. The summed E-state index contributed by atoms with van der Waals surface area (Å²) in [5.41, 5.74) is 1.36. The van der Waals surface area contributed by atoms with E-state index in [1.807, 2.05) is 0 Å². The zero-order valence-corrected chi connectivity index (χ0v) is 15.5. The minimum Gasteiger partial charge on any atom is -0.480 e. The maximum atomic E-state index is 13.1. The van der Waals surface area contributed by atoms with Gasteiger partial charge in [-0.25, -0.2) is 14.4 Å². The molecule has 6 nitrogen and oxygen atoms in total. The van der Waals surface area contributed by atoms with E-state index in [2.05, 4.69) is 9.97 Å². The summed E-state index contributed by atoms with van der Waals surface area (Å²) >= 11 is 0. The molecule has 0 aliphatic carbocycles. The number of amides is 1. The number of likely N-dealkylation sites (tertiary alicyclic amines) is 1. The van der Waals surface area contributed by atoms with Gasteiger partial charge in [0.25, 0.3) is 5.91 Å². The minimum atomic E-state index is -0.270. The molecule has 28 heavy (non-hydrogen) atoms. The Hall–Kier alpha value is -3.22. The van der Waals surface area contributed by atoms with Crippen molar-refractivity contribution >= 4 is 5.91 Å². The lowest BCUT2D eigenvalue weighted by molar-refractivity contribution is 0.0710. The van der Waals surface area contributed by atoms with Gasteiger partial charge in [-0.05, 0) is 42.7 Å². The number of rotatable bonds is 5. The smallest absolute Gasteiger partial charge is 0.260 e. The number of carbonyl (C=O) groups is 1. The molecule has 1 aromatic carbocycles. The number of halogens is 1. The van der Waals surface area contributed by atoms with Crippen molar-refractivity contribution < 1.29 is 18.3 Å². The molecule has 0 spiro atoms. The summed E-state index contributed by atoms with van der Waals surface area (Å²) in [4.78, 5) is 23.3. The van der Waals surface area contributed by atoms with Gasteiger partial charge in [-0.3, -0.25) is 4.79 Å². The highest BCUT2D eigenvalue weighted by atomic mass is 19.1. The van der Waals surface area contributed by atoms with Crippen molar-refractivity contribution in [2.24, 2.45) is 0 Å². The zero-order chi connectivity index (χ0) is 19.5. The number of ether oxygens (including phenoxy) is 1. The number of hydrogen-bond acceptors (Lipinski definition) is 5. The third-order valence-electron chi connectivity index (χ3n) is 4.86. The highest BCUT2D eigenvalue weighted by Gasteiger charge is 2.35. The van der Waals surface area contributed by atoms with Gasteiger partial charge in [0.2, 0.25) is 11.8 Å². The van der Waals surface area contributed by atoms with E-state index < -0.39 is 0 Å². The van der Waals surface area contributed by atoms with E-state index in [0.717, 1.165) is 18.4 Å². The third kappa shape index (κ3) is 3.60. The summed E-state index contributed by atoms with van der Waals surface area (Å²) in [5, 5.41) is 0. The normalized spacial score (nSPS) is 16.4. The molecule has 144 valence electrons. The number of hydrogen-bond donors (Lipinski definition) is 0. The van der Waals surface area contributed by atoms with E-state index in [9.17, 15) is 9.18 Å². The highest BCUT2D eigenvalue weighted by Crippen LogP contribution is 2.34. The molecule has 0 N–H and O–H groups in total. The van der Waals surface area contributed by atoms with Crippen LogP contribution in [0.25, 0.3) is 0 Å². The SMILES string of the molecule is COc1ncccc1C(=O)N1CCC[C@@H]1c1ncc(Cc2ccc(F)cc2)o1. The molecule has 7 heteroatoms. The number of methoxy groups -OCH3 is 1. The van der Waals surface area contributed by atoms with Crippen molar-refractivity contribution in [3.8, 4) is 5.88 Å². The van der Waals surface area contributed by atoms with Gasteiger partial charge >= 0.3 is 0 Å². The second-order valence-corrected chi connectivity index (χ2v) is 6.68.